The molecule has 0 saturated carbocycles. The van der Waals surface area contributed by atoms with E-state index in [1.807, 2.05) is 91.0 Å². The number of para-hydroxylation sites is 2. The highest BCUT2D eigenvalue weighted by Crippen LogP contribution is 2.62. The van der Waals surface area contributed by atoms with Crippen LogP contribution in [0.3, 0.4) is 0 Å². The van der Waals surface area contributed by atoms with Gasteiger partial charge >= 0.3 is 0 Å². The first-order chi connectivity index (χ1) is 21.0. The Labute approximate surface area is 259 Å². The van der Waals surface area contributed by atoms with Gasteiger partial charge in [0.2, 0.25) is 11.8 Å². The summed E-state index contributed by atoms with van der Waals surface area (Å²) in [5.74, 6) is -2.23. The normalized spacial score (nSPS) is 28.8. The molecule has 0 aliphatic carbocycles. The number of benzene rings is 3. The highest BCUT2D eigenvalue weighted by molar-refractivity contribution is 8.02. The predicted molar refractivity (Wildman–Crippen MR) is 169 cm³/mol. The molecule has 0 radical (unpaired) electrons. The van der Waals surface area contributed by atoms with Crippen molar-refractivity contribution >= 4 is 52.5 Å². The molecular formula is C34H30ClN3O4S. The first-order valence-corrected chi connectivity index (χ1v) is 15.6. The maximum atomic E-state index is 14.8. The van der Waals surface area contributed by atoms with Gasteiger partial charge in [-0.05, 0) is 29.8 Å². The minimum absolute atomic E-state index is 0.141. The average molecular weight is 612 g/mol. The van der Waals surface area contributed by atoms with Crippen LogP contribution >= 0.6 is 23.4 Å². The molecule has 0 bridgehead atoms. The summed E-state index contributed by atoms with van der Waals surface area (Å²) in [5.41, 5.74) is 2.03. The average Bonchev–Trinajstić information content (AvgIpc) is 3.34. The van der Waals surface area contributed by atoms with Crippen LogP contribution in [0.2, 0.25) is 5.02 Å². The monoisotopic (exact) mass is 611 g/mol. The standard InChI is InChI=1S/C34H30ClN3O4S/c35-24-15-7-8-16-25(24)37-20-10-18-34-29(28-27(43-34)17-9-19-36(31(28)40)23-13-5-2-6-14-23)32(41)38(30(34)33(37)42)26(21-39)22-11-3-1-4-12-22/h1-18,26-30,39H,19-21H2/t26-,27-,28+,29+,30?,34+/m1/s1. The van der Waals surface area contributed by atoms with Crippen LogP contribution in [0.5, 0.6) is 0 Å². The molecule has 7 rings (SSSR count). The highest BCUT2D eigenvalue weighted by Gasteiger charge is 2.72. The lowest BCUT2D eigenvalue weighted by Gasteiger charge is -2.38. The van der Waals surface area contributed by atoms with Gasteiger partial charge in [0.05, 0.1) is 39.9 Å². The smallest absolute Gasteiger partial charge is 0.251 e. The number of halogens is 1. The van der Waals surface area contributed by atoms with Crippen LogP contribution in [0, 0.1) is 11.8 Å². The number of carbonyl (C=O) groups excluding carboxylic acids is 3. The van der Waals surface area contributed by atoms with Gasteiger partial charge in [0.15, 0.2) is 0 Å². The van der Waals surface area contributed by atoms with E-state index in [9.17, 15) is 19.5 Å². The quantitative estimate of drug-likeness (QED) is 0.416. The molecule has 7 nitrogen and oxygen atoms in total. The lowest BCUT2D eigenvalue weighted by Crippen LogP contribution is -2.54. The fraction of sp³-hybridized carbons (Fsp3) is 0.265. The molecule has 0 aromatic heterocycles. The summed E-state index contributed by atoms with van der Waals surface area (Å²) < 4.78 is -1.03. The molecule has 218 valence electrons. The van der Waals surface area contributed by atoms with E-state index in [1.54, 1.807) is 32.9 Å². The molecule has 43 heavy (non-hydrogen) atoms. The molecule has 1 unspecified atom stereocenters. The third-order valence-corrected chi connectivity index (χ3v) is 11.1. The van der Waals surface area contributed by atoms with Crippen LogP contribution in [0.4, 0.5) is 11.4 Å². The largest absolute Gasteiger partial charge is 0.394 e. The van der Waals surface area contributed by atoms with Crippen LogP contribution in [-0.2, 0) is 14.4 Å². The number of amides is 3. The number of hydrogen-bond donors (Lipinski definition) is 1. The van der Waals surface area contributed by atoms with E-state index < -0.39 is 28.7 Å². The van der Waals surface area contributed by atoms with Crippen LogP contribution in [0.25, 0.3) is 0 Å². The molecule has 1 N–H and O–H groups in total. The van der Waals surface area contributed by atoms with E-state index in [4.69, 9.17) is 11.6 Å². The van der Waals surface area contributed by atoms with E-state index in [0.29, 0.717) is 17.3 Å². The van der Waals surface area contributed by atoms with Crippen molar-refractivity contribution in [3.63, 3.8) is 0 Å². The van der Waals surface area contributed by atoms with Gasteiger partial charge in [-0.15, -0.1) is 11.8 Å². The van der Waals surface area contributed by atoms with Crippen molar-refractivity contribution in [2.24, 2.45) is 11.8 Å². The van der Waals surface area contributed by atoms with E-state index in [-0.39, 0.29) is 36.1 Å². The zero-order chi connectivity index (χ0) is 29.7. The molecule has 1 spiro atoms. The molecule has 2 saturated heterocycles. The highest BCUT2D eigenvalue weighted by atomic mass is 35.5. The van der Waals surface area contributed by atoms with Crippen molar-refractivity contribution in [3.8, 4) is 0 Å². The van der Waals surface area contributed by atoms with Gasteiger partial charge in [-0.25, -0.2) is 0 Å². The molecule has 6 atom stereocenters. The van der Waals surface area contributed by atoms with Crippen molar-refractivity contribution in [2.75, 3.05) is 29.5 Å². The zero-order valence-electron chi connectivity index (χ0n) is 23.2. The lowest BCUT2D eigenvalue weighted by atomic mass is 9.78. The summed E-state index contributed by atoms with van der Waals surface area (Å²) >= 11 is 8.10. The summed E-state index contributed by atoms with van der Waals surface area (Å²) in [6.45, 7) is 0.289. The maximum Gasteiger partial charge on any atom is 0.251 e. The molecule has 4 aliphatic rings. The van der Waals surface area contributed by atoms with Crippen molar-refractivity contribution in [2.45, 2.75) is 22.1 Å². The van der Waals surface area contributed by atoms with Crippen LogP contribution in [-0.4, -0.2) is 63.5 Å². The topological polar surface area (TPSA) is 81.2 Å². The molecular weight excluding hydrogens is 582 g/mol. The number of anilines is 2. The Kier molecular flexibility index (Phi) is 7.16. The van der Waals surface area contributed by atoms with Gasteiger partial charge in [-0.3, -0.25) is 14.4 Å². The summed E-state index contributed by atoms with van der Waals surface area (Å²) in [6, 6.07) is 24.1. The molecule has 3 amide bonds. The van der Waals surface area contributed by atoms with E-state index in [0.717, 1.165) is 11.3 Å². The lowest BCUT2D eigenvalue weighted by molar-refractivity contribution is -0.141. The maximum absolute atomic E-state index is 14.8. The van der Waals surface area contributed by atoms with Gasteiger partial charge in [0, 0.05) is 24.0 Å². The predicted octanol–water partition coefficient (Wildman–Crippen LogP) is 4.88. The van der Waals surface area contributed by atoms with Gasteiger partial charge in [-0.1, -0.05) is 96.6 Å². The van der Waals surface area contributed by atoms with Crippen molar-refractivity contribution in [1.82, 2.24) is 4.90 Å². The summed E-state index contributed by atoms with van der Waals surface area (Å²) in [6.07, 6.45) is 7.90. The third-order valence-electron chi connectivity index (χ3n) is 9.00. The first kappa shape index (κ1) is 28.0. The van der Waals surface area contributed by atoms with Crippen LogP contribution in [0.15, 0.2) is 109 Å². The van der Waals surface area contributed by atoms with Crippen molar-refractivity contribution < 1.29 is 19.5 Å². The van der Waals surface area contributed by atoms with Crippen LogP contribution in [0.1, 0.15) is 11.6 Å². The Morgan fingerprint density at radius 3 is 2.23 bits per heavy atom. The number of fused-ring (bicyclic) bond motifs is 2. The number of aliphatic hydroxyl groups is 1. The number of hydrogen-bond acceptors (Lipinski definition) is 5. The van der Waals surface area contributed by atoms with Crippen molar-refractivity contribution in [3.05, 3.63) is 120 Å². The molecule has 4 aliphatic heterocycles. The fourth-order valence-electron chi connectivity index (χ4n) is 7.17. The third kappa shape index (κ3) is 4.34. The summed E-state index contributed by atoms with van der Waals surface area (Å²) in [5, 5.41) is 10.9. The number of aliphatic hydroxyl groups excluding tert-OH is 1. The van der Waals surface area contributed by atoms with E-state index in [2.05, 4.69) is 0 Å². The van der Waals surface area contributed by atoms with Gasteiger partial charge in [0.25, 0.3) is 5.91 Å². The number of thioether (sulfide) groups is 1. The molecule has 2 fully saturated rings. The minimum atomic E-state index is -1.03. The van der Waals surface area contributed by atoms with E-state index >= 15 is 0 Å². The summed E-state index contributed by atoms with van der Waals surface area (Å²) in [7, 11) is 0. The second-order valence-electron chi connectivity index (χ2n) is 11.2. The molecule has 3 aromatic carbocycles. The number of nitrogens with zero attached hydrogens (tertiary/aromatic N) is 3. The second-order valence-corrected chi connectivity index (χ2v) is 13.1. The minimum Gasteiger partial charge on any atom is -0.394 e. The van der Waals surface area contributed by atoms with Crippen molar-refractivity contribution in [1.29, 1.82) is 0 Å². The molecule has 9 heteroatoms. The number of carbonyl (C=O) groups is 3. The van der Waals surface area contributed by atoms with Gasteiger partial charge < -0.3 is 19.8 Å². The summed E-state index contributed by atoms with van der Waals surface area (Å²) in [4.78, 5) is 48.9. The SMILES string of the molecule is O=C1[C@@H]2[C@H]3C(=O)N([C@H](CO)c4ccccc4)C4C(=O)N(c5ccccc5Cl)CC=C[C@@]43S[C@@H]2C=CCN1c1ccccc1. The molecule has 3 aromatic rings. The Balaban J connectivity index is 1.38. The Hall–Kier alpha value is -3.85. The van der Waals surface area contributed by atoms with Gasteiger partial charge in [-0.2, -0.15) is 0 Å². The Bertz CT molecular complexity index is 1630. The van der Waals surface area contributed by atoms with E-state index in [1.165, 1.54) is 11.8 Å². The fourth-order valence-corrected chi connectivity index (χ4v) is 9.40. The number of rotatable bonds is 5. The zero-order valence-corrected chi connectivity index (χ0v) is 24.8. The van der Waals surface area contributed by atoms with Crippen LogP contribution < -0.4 is 9.80 Å². The Morgan fingerprint density at radius 2 is 1.51 bits per heavy atom. The Morgan fingerprint density at radius 1 is 0.837 bits per heavy atom. The second kappa shape index (κ2) is 11.0. The van der Waals surface area contributed by atoms with Gasteiger partial charge in [0.1, 0.15) is 6.04 Å². The number of likely N-dealkylation sites (tertiary alicyclic amines) is 1. The molecule has 4 heterocycles. The first-order valence-electron chi connectivity index (χ1n) is 14.4.